The molecule has 0 saturated carbocycles. The molecule has 3 aromatic rings. The van der Waals surface area contributed by atoms with Gasteiger partial charge in [-0.25, -0.2) is 0 Å². The van der Waals surface area contributed by atoms with E-state index in [-0.39, 0.29) is 5.91 Å². The first kappa shape index (κ1) is 17.9. The van der Waals surface area contributed by atoms with Crippen molar-refractivity contribution in [3.8, 4) is 17.1 Å². The first-order valence-corrected chi connectivity index (χ1v) is 10.7. The Hall–Kier alpha value is -2.45. The lowest BCUT2D eigenvalue weighted by atomic mass is 10.1. The minimum absolute atomic E-state index is 0.00852. The molecule has 0 radical (unpaired) electrons. The Morgan fingerprint density at radius 2 is 2.11 bits per heavy atom. The molecule has 1 atom stereocenters. The third-order valence-corrected chi connectivity index (χ3v) is 5.65. The summed E-state index contributed by atoms with van der Waals surface area (Å²) in [5.41, 5.74) is 2.11. The summed E-state index contributed by atoms with van der Waals surface area (Å²) in [6.45, 7) is 2.00. The number of para-hydroxylation sites is 1. The summed E-state index contributed by atoms with van der Waals surface area (Å²) in [4.78, 5) is 20.3. The zero-order valence-corrected chi connectivity index (χ0v) is 16.6. The van der Waals surface area contributed by atoms with E-state index in [4.69, 9.17) is 4.74 Å². The molecule has 0 fully saturated rings. The maximum Gasteiger partial charge on any atom is 0.247 e. The molecule has 6 nitrogen and oxygen atoms in total. The van der Waals surface area contributed by atoms with E-state index >= 15 is 0 Å². The van der Waals surface area contributed by atoms with Gasteiger partial charge in [-0.3, -0.25) is 9.69 Å². The van der Waals surface area contributed by atoms with Gasteiger partial charge in [0.15, 0.2) is 5.69 Å². The third-order valence-electron chi connectivity index (χ3n) is 4.21. The highest BCUT2D eigenvalue weighted by Gasteiger charge is 2.35. The molecule has 0 spiro atoms. The lowest BCUT2D eigenvalue weighted by Crippen LogP contribution is -2.37. The second-order valence-corrected chi connectivity index (χ2v) is 7.72. The monoisotopic (exact) mass is 398 g/mol. The fraction of sp³-hybridized carbons (Fsp3) is 0.263. The molecule has 3 heterocycles. The van der Waals surface area contributed by atoms with Crippen LogP contribution in [0.4, 0.5) is 5.69 Å². The molecule has 138 valence electrons. The molecule has 0 bridgehead atoms. The lowest BCUT2D eigenvalue weighted by Gasteiger charge is -2.29. The van der Waals surface area contributed by atoms with Crippen molar-refractivity contribution in [2.45, 2.75) is 31.1 Å². The lowest BCUT2D eigenvalue weighted by molar-refractivity contribution is -0.120. The van der Waals surface area contributed by atoms with Crippen LogP contribution in [0.25, 0.3) is 11.3 Å². The molecule has 0 unspecified atom stereocenters. The summed E-state index contributed by atoms with van der Waals surface area (Å²) in [5, 5.41) is 11.0. The normalized spacial score (nSPS) is 15.5. The number of carbonyl (C=O) groups is 1. The van der Waals surface area contributed by atoms with Crippen LogP contribution >= 0.6 is 23.1 Å². The van der Waals surface area contributed by atoms with Gasteiger partial charge in [-0.1, -0.05) is 43.0 Å². The molecule has 1 aliphatic heterocycles. The number of anilines is 1. The first-order valence-electron chi connectivity index (χ1n) is 8.63. The Kier molecular flexibility index (Phi) is 5.09. The van der Waals surface area contributed by atoms with Crippen molar-refractivity contribution in [2.75, 3.05) is 11.2 Å². The minimum Gasteiger partial charge on any atom is -0.446 e. The van der Waals surface area contributed by atoms with Crippen LogP contribution in [0.2, 0.25) is 0 Å². The zero-order valence-electron chi connectivity index (χ0n) is 15.0. The molecule has 4 rings (SSSR count). The molecular formula is C19H18N4O2S2. The maximum absolute atomic E-state index is 13.1. The van der Waals surface area contributed by atoms with E-state index in [1.807, 2.05) is 55.0 Å². The number of rotatable bonds is 4. The standard InChI is InChI=1S/C19H18N4O2S2/c1-3-7-15(24)23-13-9-5-4-8-12(13)16-17(20-19(26-2)22-21-16)25-18(23)14-10-6-11-27-14/h4-6,8-11,18H,3,7H2,1-2H3/t18-/m1/s1. The Morgan fingerprint density at radius 1 is 1.26 bits per heavy atom. The number of hydrogen-bond donors (Lipinski definition) is 0. The molecule has 0 saturated heterocycles. The number of aromatic nitrogens is 3. The minimum atomic E-state index is -0.585. The Bertz CT molecular complexity index is 962. The van der Waals surface area contributed by atoms with E-state index in [1.165, 1.54) is 11.8 Å². The average Bonchev–Trinajstić information content (AvgIpc) is 3.18. The summed E-state index contributed by atoms with van der Waals surface area (Å²) >= 11 is 2.95. The zero-order chi connectivity index (χ0) is 18.8. The topological polar surface area (TPSA) is 68.2 Å². The number of hydrogen-bond acceptors (Lipinski definition) is 7. The highest BCUT2D eigenvalue weighted by molar-refractivity contribution is 7.98. The van der Waals surface area contributed by atoms with Gasteiger partial charge in [0, 0.05) is 12.0 Å². The Balaban J connectivity index is 1.95. The van der Waals surface area contributed by atoms with Crippen LogP contribution in [0, 0.1) is 0 Å². The van der Waals surface area contributed by atoms with Crippen molar-refractivity contribution in [1.29, 1.82) is 0 Å². The number of carbonyl (C=O) groups excluding carboxylic acids is 1. The maximum atomic E-state index is 13.1. The molecule has 0 aliphatic carbocycles. The molecular weight excluding hydrogens is 380 g/mol. The van der Waals surface area contributed by atoms with E-state index in [0.29, 0.717) is 23.2 Å². The Labute approximate surface area is 165 Å². The van der Waals surface area contributed by atoms with Crippen LogP contribution in [0.1, 0.15) is 30.9 Å². The van der Waals surface area contributed by atoms with Crippen molar-refractivity contribution in [1.82, 2.24) is 15.2 Å². The van der Waals surface area contributed by atoms with Crippen molar-refractivity contribution < 1.29 is 9.53 Å². The van der Waals surface area contributed by atoms with Gasteiger partial charge in [0.25, 0.3) is 0 Å². The Morgan fingerprint density at radius 3 is 2.85 bits per heavy atom. The van der Waals surface area contributed by atoms with Gasteiger partial charge in [-0.2, -0.15) is 4.98 Å². The van der Waals surface area contributed by atoms with Crippen LogP contribution in [-0.4, -0.2) is 27.3 Å². The number of thioether (sulfide) groups is 1. The van der Waals surface area contributed by atoms with Crippen LogP contribution in [-0.2, 0) is 4.79 Å². The summed E-state index contributed by atoms with van der Waals surface area (Å²) in [6, 6.07) is 11.6. The van der Waals surface area contributed by atoms with E-state index in [1.54, 1.807) is 16.2 Å². The van der Waals surface area contributed by atoms with Gasteiger partial charge in [0.1, 0.15) is 0 Å². The number of benzene rings is 1. The van der Waals surface area contributed by atoms with Gasteiger partial charge in [0.05, 0.1) is 10.6 Å². The van der Waals surface area contributed by atoms with E-state index in [0.717, 1.165) is 22.5 Å². The van der Waals surface area contributed by atoms with Crippen LogP contribution in [0.3, 0.4) is 0 Å². The van der Waals surface area contributed by atoms with Gasteiger partial charge in [-0.15, -0.1) is 21.5 Å². The highest BCUT2D eigenvalue weighted by atomic mass is 32.2. The predicted octanol–water partition coefficient (Wildman–Crippen LogP) is 4.55. The molecule has 2 aromatic heterocycles. The summed E-state index contributed by atoms with van der Waals surface area (Å²) in [6.07, 6.45) is 2.50. The first-order chi connectivity index (χ1) is 13.2. The summed E-state index contributed by atoms with van der Waals surface area (Å²) < 4.78 is 6.29. The van der Waals surface area contributed by atoms with Gasteiger partial charge in [-0.05, 0) is 30.2 Å². The second-order valence-electron chi connectivity index (χ2n) is 5.97. The van der Waals surface area contributed by atoms with E-state index < -0.39 is 6.23 Å². The fourth-order valence-electron chi connectivity index (χ4n) is 3.02. The summed E-state index contributed by atoms with van der Waals surface area (Å²) in [7, 11) is 0. The molecule has 1 aromatic carbocycles. The van der Waals surface area contributed by atoms with Gasteiger partial charge >= 0.3 is 0 Å². The number of ether oxygens (including phenoxy) is 1. The number of thiophene rings is 1. The van der Waals surface area contributed by atoms with E-state index in [2.05, 4.69) is 15.2 Å². The van der Waals surface area contributed by atoms with Gasteiger partial charge < -0.3 is 4.74 Å². The second kappa shape index (κ2) is 7.66. The largest absolute Gasteiger partial charge is 0.446 e. The van der Waals surface area contributed by atoms with Crippen LogP contribution in [0.5, 0.6) is 5.88 Å². The number of nitrogens with zero attached hydrogens (tertiary/aromatic N) is 4. The van der Waals surface area contributed by atoms with E-state index in [9.17, 15) is 4.79 Å². The summed E-state index contributed by atoms with van der Waals surface area (Å²) in [5.74, 6) is 0.404. The molecule has 8 heteroatoms. The number of amides is 1. The van der Waals surface area contributed by atoms with Crippen molar-refractivity contribution >= 4 is 34.7 Å². The van der Waals surface area contributed by atoms with Crippen molar-refractivity contribution in [3.05, 3.63) is 46.7 Å². The van der Waals surface area contributed by atoms with Crippen molar-refractivity contribution in [2.24, 2.45) is 0 Å². The van der Waals surface area contributed by atoms with Crippen molar-refractivity contribution in [3.63, 3.8) is 0 Å². The van der Waals surface area contributed by atoms with Crippen LogP contribution in [0.15, 0.2) is 46.9 Å². The average molecular weight is 399 g/mol. The van der Waals surface area contributed by atoms with Gasteiger partial charge in [0.2, 0.25) is 23.2 Å². The molecule has 27 heavy (non-hydrogen) atoms. The fourth-order valence-corrected chi connectivity index (χ4v) is 4.06. The quantitative estimate of drug-likeness (QED) is 0.601. The molecule has 1 aliphatic rings. The third kappa shape index (κ3) is 3.30. The molecule has 0 N–H and O–H groups in total. The van der Waals surface area contributed by atoms with Crippen LogP contribution < -0.4 is 9.64 Å². The number of fused-ring (bicyclic) bond motifs is 3. The molecule has 1 amide bonds. The predicted molar refractivity (Wildman–Crippen MR) is 107 cm³/mol. The SMILES string of the molecule is CCCC(=O)N1c2ccccc2-c2nnc(SC)nc2O[C@@H]1c1cccs1. The smallest absolute Gasteiger partial charge is 0.247 e. The highest BCUT2D eigenvalue weighted by Crippen LogP contribution is 2.44.